The van der Waals surface area contributed by atoms with Crippen molar-refractivity contribution >= 4 is 17.5 Å². The molecule has 0 atom stereocenters. The Hall–Kier alpha value is -2.61. The molecule has 8 nitrogen and oxygen atoms in total. The van der Waals surface area contributed by atoms with Crippen LogP contribution in [-0.4, -0.2) is 52.1 Å². The van der Waals surface area contributed by atoms with Crippen LogP contribution < -0.4 is 15.0 Å². The van der Waals surface area contributed by atoms with Gasteiger partial charge in [0.15, 0.2) is 0 Å². The van der Waals surface area contributed by atoms with E-state index in [1.165, 1.54) is 19.4 Å². The highest BCUT2D eigenvalue weighted by atomic mass is 35.5. The lowest BCUT2D eigenvalue weighted by molar-refractivity contribution is 0.0586. The number of carbonyl (C=O) groups is 1. The molecule has 2 aromatic heterocycles. The third kappa shape index (κ3) is 4.08. The molecule has 25 heavy (non-hydrogen) atoms. The summed E-state index contributed by atoms with van der Waals surface area (Å²) in [7, 11) is 1.49. The van der Waals surface area contributed by atoms with Crippen LogP contribution in [0.1, 0.15) is 23.2 Å². The number of nitrogens with zero attached hydrogens (tertiary/aromatic N) is 3. The van der Waals surface area contributed by atoms with Crippen molar-refractivity contribution in [2.24, 2.45) is 0 Å². The first kappa shape index (κ1) is 17.2. The largest absolute Gasteiger partial charge is 0.474 e. The molecule has 3 heterocycles. The fourth-order valence-corrected chi connectivity index (χ4v) is 2.77. The Balaban J connectivity index is 1.58. The summed E-state index contributed by atoms with van der Waals surface area (Å²) in [6.45, 7) is 1.09. The number of amides is 1. The molecule has 1 N–H and O–H groups in total. The highest BCUT2D eigenvalue weighted by molar-refractivity contribution is 6.30. The van der Waals surface area contributed by atoms with E-state index in [1.54, 1.807) is 17.2 Å². The van der Waals surface area contributed by atoms with Crippen LogP contribution >= 0.6 is 11.6 Å². The number of rotatable bonds is 4. The summed E-state index contributed by atoms with van der Waals surface area (Å²) in [6.07, 6.45) is 4.26. The summed E-state index contributed by atoms with van der Waals surface area (Å²) >= 11 is 5.78. The predicted molar refractivity (Wildman–Crippen MR) is 90.2 cm³/mol. The molecule has 1 saturated heterocycles. The van der Waals surface area contributed by atoms with Crippen molar-refractivity contribution in [3.05, 3.63) is 45.5 Å². The van der Waals surface area contributed by atoms with Crippen molar-refractivity contribution in [3.63, 3.8) is 0 Å². The van der Waals surface area contributed by atoms with E-state index < -0.39 is 5.56 Å². The lowest BCUT2D eigenvalue weighted by Gasteiger charge is -2.32. The maximum atomic E-state index is 12.5. The number of H-pyrrole nitrogens is 1. The van der Waals surface area contributed by atoms with E-state index in [1.807, 2.05) is 0 Å². The van der Waals surface area contributed by atoms with Crippen molar-refractivity contribution in [2.45, 2.75) is 18.9 Å². The maximum Gasteiger partial charge on any atom is 0.319 e. The number of methoxy groups -OCH3 is 1. The summed E-state index contributed by atoms with van der Waals surface area (Å²) < 4.78 is 10.8. The number of nitrogens with one attached hydrogen (secondary N) is 1. The molecule has 0 aliphatic carbocycles. The van der Waals surface area contributed by atoms with E-state index in [0.29, 0.717) is 37.4 Å². The molecule has 3 rings (SSSR count). The third-order valence-electron chi connectivity index (χ3n) is 3.91. The molecule has 0 spiro atoms. The monoisotopic (exact) mass is 364 g/mol. The van der Waals surface area contributed by atoms with Crippen LogP contribution in [0, 0.1) is 0 Å². The van der Waals surface area contributed by atoms with E-state index in [-0.39, 0.29) is 23.0 Å². The maximum absolute atomic E-state index is 12.5. The van der Waals surface area contributed by atoms with E-state index in [9.17, 15) is 9.59 Å². The number of aromatic nitrogens is 3. The molecule has 2 aromatic rings. The van der Waals surface area contributed by atoms with Crippen LogP contribution in [0.2, 0.25) is 5.02 Å². The van der Waals surface area contributed by atoms with Gasteiger partial charge in [-0.2, -0.15) is 4.98 Å². The number of likely N-dealkylation sites (tertiary alicyclic amines) is 1. The number of carbonyl (C=O) groups excluding carboxylic acids is 1. The highest BCUT2D eigenvalue weighted by Crippen LogP contribution is 2.20. The average molecular weight is 365 g/mol. The number of piperidine rings is 1. The van der Waals surface area contributed by atoms with Crippen molar-refractivity contribution in [1.82, 2.24) is 19.9 Å². The topological polar surface area (TPSA) is 97.4 Å². The first-order valence-corrected chi connectivity index (χ1v) is 8.16. The van der Waals surface area contributed by atoms with Gasteiger partial charge in [-0.05, 0) is 6.07 Å². The van der Waals surface area contributed by atoms with Crippen LogP contribution in [0.3, 0.4) is 0 Å². The van der Waals surface area contributed by atoms with Gasteiger partial charge >= 0.3 is 6.01 Å². The normalized spacial score (nSPS) is 15.0. The van der Waals surface area contributed by atoms with Crippen LogP contribution in [0.25, 0.3) is 0 Å². The van der Waals surface area contributed by atoms with Crippen LogP contribution in [-0.2, 0) is 0 Å². The summed E-state index contributed by atoms with van der Waals surface area (Å²) in [4.78, 5) is 36.0. The zero-order valence-corrected chi connectivity index (χ0v) is 14.3. The van der Waals surface area contributed by atoms with Crippen LogP contribution in [0.4, 0.5) is 0 Å². The Labute approximate surface area is 148 Å². The second-order valence-corrected chi connectivity index (χ2v) is 5.96. The van der Waals surface area contributed by atoms with Gasteiger partial charge in [-0.15, -0.1) is 0 Å². The second-order valence-electron chi connectivity index (χ2n) is 5.56. The Bertz CT molecular complexity index is 818. The van der Waals surface area contributed by atoms with E-state index >= 15 is 0 Å². The SMILES string of the molecule is COc1nccc(OC2CCN(C(=O)c3c[nH]c(=O)c(Cl)c3)CC2)n1. The van der Waals surface area contributed by atoms with Gasteiger partial charge in [0, 0.05) is 44.4 Å². The number of hydrogen-bond donors (Lipinski definition) is 1. The van der Waals surface area contributed by atoms with Gasteiger partial charge in [0.05, 0.1) is 12.7 Å². The summed E-state index contributed by atoms with van der Waals surface area (Å²) in [5.74, 6) is 0.282. The molecule has 0 saturated carbocycles. The van der Waals surface area contributed by atoms with E-state index in [2.05, 4.69) is 15.0 Å². The summed E-state index contributed by atoms with van der Waals surface area (Å²) in [5.41, 5.74) is -0.0462. The smallest absolute Gasteiger partial charge is 0.319 e. The van der Waals surface area contributed by atoms with E-state index in [4.69, 9.17) is 21.1 Å². The Kier molecular flexibility index (Phi) is 5.18. The number of ether oxygens (including phenoxy) is 2. The molecule has 132 valence electrons. The second kappa shape index (κ2) is 7.52. The minimum Gasteiger partial charge on any atom is -0.474 e. The molecule has 0 aromatic carbocycles. The van der Waals surface area contributed by atoms with E-state index in [0.717, 1.165) is 0 Å². The van der Waals surface area contributed by atoms with Gasteiger partial charge < -0.3 is 19.4 Å². The third-order valence-corrected chi connectivity index (χ3v) is 4.19. The fraction of sp³-hybridized carbons (Fsp3) is 0.375. The van der Waals surface area contributed by atoms with Gasteiger partial charge in [0.2, 0.25) is 5.88 Å². The Morgan fingerprint density at radius 3 is 2.84 bits per heavy atom. The number of halogens is 1. The molecular formula is C16H17ClN4O4. The molecule has 1 aliphatic heterocycles. The Morgan fingerprint density at radius 1 is 1.40 bits per heavy atom. The molecule has 9 heteroatoms. The standard InChI is InChI=1S/C16H17ClN4O4/c1-24-16-18-5-2-13(20-16)25-11-3-6-21(7-4-11)15(23)10-8-12(17)14(22)19-9-10/h2,5,8-9,11H,3-4,6-7H2,1H3,(H,19,22). The lowest BCUT2D eigenvalue weighted by atomic mass is 10.1. The van der Waals surface area contributed by atoms with Crippen LogP contribution in [0.15, 0.2) is 29.3 Å². The average Bonchev–Trinajstić information content (AvgIpc) is 2.64. The molecule has 0 radical (unpaired) electrons. The van der Waals surface area contributed by atoms with Gasteiger partial charge in [-0.25, -0.2) is 4.98 Å². The molecule has 0 unspecified atom stereocenters. The number of pyridine rings is 1. The highest BCUT2D eigenvalue weighted by Gasteiger charge is 2.25. The molecular weight excluding hydrogens is 348 g/mol. The first-order valence-electron chi connectivity index (χ1n) is 7.78. The number of hydrogen-bond acceptors (Lipinski definition) is 6. The fourth-order valence-electron chi connectivity index (χ4n) is 2.60. The van der Waals surface area contributed by atoms with Crippen molar-refractivity contribution in [2.75, 3.05) is 20.2 Å². The lowest BCUT2D eigenvalue weighted by Crippen LogP contribution is -2.42. The quantitative estimate of drug-likeness (QED) is 0.883. The minimum atomic E-state index is -0.411. The zero-order chi connectivity index (χ0) is 17.8. The van der Waals surface area contributed by atoms with Gasteiger partial charge in [0.25, 0.3) is 11.5 Å². The predicted octanol–water partition coefficient (Wildman–Crippen LogP) is 1.51. The minimum absolute atomic E-state index is 0.00165. The molecule has 1 amide bonds. The van der Waals surface area contributed by atoms with Crippen molar-refractivity contribution in [1.29, 1.82) is 0 Å². The van der Waals surface area contributed by atoms with Gasteiger partial charge in [-0.1, -0.05) is 11.6 Å². The zero-order valence-electron chi connectivity index (χ0n) is 13.6. The van der Waals surface area contributed by atoms with Crippen LogP contribution in [0.5, 0.6) is 11.9 Å². The van der Waals surface area contributed by atoms with Gasteiger partial charge in [-0.3, -0.25) is 9.59 Å². The van der Waals surface area contributed by atoms with Gasteiger partial charge in [0.1, 0.15) is 11.1 Å². The molecule has 1 aliphatic rings. The first-order chi connectivity index (χ1) is 12.1. The molecule has 0 bridgehead atoms. The molecule has 1 fully saturated rings. The number of aromatic amines is 1. The van der Waals surface area contributed by atoms with Crippen molar-refractivity contribution in [3.8, 4) is 11.9 Å². The Morgan fingerprint density at radius 2 is 2.16 bits per heavy atom. The van der Waals surface area contributed by atoms with Crippen molar-refractivity contribution < 1.29 is 14.3 Å². The summed E-state index contributed by atoms with van der Waals surface area (Å²) in [5, 5.41) is 0.00165. The summed E-state index contributed by atoms with van der Waals surface area (Å²) in [6, 6.07) is 3.31.